The molecule has 3 aromatic rings. The van der Waals surface area contributed by atoms with Crippen LogP contribution in [0.2, 0.25) is 0 Å². The standard InChI is InChI=1S/C27H31N3O2.C5H9NO2/c1-27(2)15-23-25(20-10-6-7-11-22(20)30(23)24(31)16-27)17-12-13-19(26(28)32)21(14-17)29-18-8-4-3-5-9-18;7-5(8)4-2-1-3-6-4/h6-7,10-14,18,29H,3-5,8-9,15-16H2,1-2H3,(H2,28,32);4,6H,1-3H2,(H,7,8)/t;4-/m.0/s1. The summed E-state index contributed by atoms with van der Waals surface area (Å²) in [5.41, 5.74) is 11.1. The average Bonchev–Trinajstić information content (AvgIpc) is 3.56. The van der Waals surface area contributed by atoms with Gasteiger partial charge in [0, 0.05) is 34.8 Å². The number of nitrogens with zero attached hydrogens (tertiary/aromatic N) is 1. The Morgan fingerprint density at radius 1 is 1.02 bits per heavy atom. The van der Waals surface area contributed by atoms with Gasteiger partial charge in [0.1, 0.15) is 6.04 Å². The number of anilines is 1. The molecule has 2 fully saturated rings. The molecule has 3 heterocycles. The normalized spacial score (nSPS) is 20.4. The van der Waals surface area contributed by atoms with Crippen molar-refractivity contribution in [2.45, 2.75) is 83.7 Å². The van der Waals surface area contributed by atoms with Crippen molar-refractivity contribution in [2.75, 3.05) is 11.9 Å². The minimum Gasteiger partial charge on any atom is -0.480 e. The van der Waals surface area contributed by atoms with Crippen LogP contribution in [0, 0.1) is 5.41 Å². The lowest BCUT2D eigenvalue weighted by atomic mass is 9.80. The van der Waals surface area contributed by atoms with Gasteiger partial charge in [0.05, 0.1) is 11.1 Å². The number of amides is 1. The van der Waals surface area contributed by atoms with Gasteiger partial charge in [-0.3, -0.25) is 19.0 Å². The number of aromatic nitrogens is 1. The second-order valence-corrected chi connectivity index (χ2v) is 12.2. The lowest BCUT2D eigenvalue weighted by molar-refractivity contribution is -0.139. The topological polar surface area (TPSA) is 126 Å². The van der Waals surface area contributed by atoms with E-state index in [0.717, 1.165) is 72.1 Å². The van der Waals surface area contributed by atoms with Crippen molar-refractivity contribution in [2.24, 2.45) is 11.1 Å². The van der Waals surface area contributed by atoms with Gasteiger partial charge >= 0.3 is 5.97 Å². The van der Waals surface area contributed by atoms with Gasteiger partial charge < -0.3 is 21.5 Å². The zero-order valence-corrected chi connectivity index (χ0v) is 23.5. The number of carboxylic acid groups (broad SMARTS) is 1. The van der Waals surface area contributed by atoms with Crippen molar-refractivity contribution in [1.82, 2.24) is 9.88 Å². The molecule has 0 spiro atoms. The van der Waals surface area contributed by atoms with Crippen LogP contribution in [0.3, 0.4) is 0 Å². The maximum Gasteiger partial charge on any atom is 0.320 e. The Kier molecular flexibility index (Phi) is 7.99. The molecule has 2 aliphatic heterocycles. The molecule has 0 radical (unpaired) electrons. The SMILES string of the molecule is CC1(C)CC(=O)n2c(c(-c3ccc(C(N)=O)c(NC4CCCCC4)c3)c3ccccc32)C1.O=C(O)[C@@H]1CCCN1. The Balaban J connectivity index is 0.000000348. The summed E-state index contributed by atoms with van der Waals surface area (Å²) in [6.07, 6.45) is 9.04. The summed E-state index contributed by atoms with van der Waals surface area (Å²) in [6.45, 7) is 5.17. The number of carbonyl (C=O) groups is 3. The predicted octanol–water partition coefficient (Wildman–Crippen LogP) is 5.59. The lowest BCUT2D eigenvalue weighted by Crippen LogP contribution is -2.31. The number of primary amides is 1. The molecule has 2 aromatic carbocycles. The first-order valence-electron chi connectivity index (χ1n) is 14.5. The van der Waals surface area contributed by atoms with Crippen molar-refractivity contribution in [3.8, 4) is 11.1 Å². The average molecular weight is 545 g/mol. The molecular formula is C32H40N4O4. The van der Waals surface area contributed by atoms with Crippen LogP contribution >= 0.6 is 0 Å². The van der Waals surface area contributed by atoms with E-state index in [2.05, 4.69) is 36.6 Å². The fourth-order valence-corrected chi connectivity index (χ4v) is 6.47. The number of para-hydroxylation sites is 1. The number of fused-ring (bicyclic) bond motifs is 3. The molecule has 1 amide bonds. The number of nitrogens with one attached hydrogen (secondary N) is 2. The Labute approximate surface area is 235 Å². The van der Waals surface area contributed by atoms with E-state index >= 15 is 0 Å². The molecule has 212 valence electrons. The molecule has 5 N–H and O–H groups in total. The van der Waals surface area contributed by atoms with Crippen LogP contribution < -0.4 is 16.4 Å². The number of benzene rings is 2. The first kappa shape index (κ1) is 27.9. The van der Waals surface area contributed by atoms with E-state index in [1.54, 1.807) is 0 Å². The summed E-state index contributed by atoms with van der Waals surface area (Å²) in [6, 6.07) is 14.1. The zero-order chi connectivity index (χ0) is 28.4. The molecule has 8 heteroatoms. The molecule has 1 aliphatic carbocycles. The fraction of sp³-hybridized carbons (Fsp3) is 0.469. The third-order valence-electron chi connectivity index (χ3n) is 8.39. The number of rotatable bonds is 5. The molecule has 1 aromatic heterocycles. The summed E-state index contributed by atoms with van der Waals surface area (Å²) < 4.78 is 1.91. The zero-order valence-electron chi connectivity index (χ0n) is 23.5. The second kappa shape index (κ2) is 11.5. The third-order valence-corrected chi connectivity index (χ3v) is 8.39. The highest BCUT2D eigenvalue weighted by Gasteiger charge is 2.35. The Hall–Kier alpha value is -3.65. The molecule has 1 saturated heterocycles. The largest absolute Gasteiger partial charge is 0.480 e. The molecule has 40 heavy (non-hydrogen) atoms. The maximum atomic E-state index is 13.1. The van der Waals surface area contributed by atoms with Gasteiger partial charge in [0.2, 0.25) is 5.91 Å². The number of carboxylic acids is 1. The summed E-state index contributed by atoms with van der Waals surface area (Å²) in [7, 11) is 0. The van der Waals surface area contributed by atoms with E-state index in [0.29, 0.717) is 18.0 Å². The highest BCUT2D eigenvalue weighted by molar-refractivity contribution is 6.06. The van der Waals surface area contributed by atoms with Crippen LogP contribution in [0.1, 0.15) is 86.1 Å². The highest BCUT2D eigenvalue weighted by atomic mass is 16.4. The van der Waals surface area contributed by atoms with Crippen LogP contribution in [-0.2, 0) is 11.2 Å². The first-order chi connectivity index (χ1) is 19.1. The van der Waals surface area contributed by atoms with Crippen LogP contribution in [-0.4, -0.2) is 46.1 Å². The molecule has 6 rings (SSSR count). The maximum absolute atomic E-state index is 13.1. The van der Waals surface area contributed by atoms with Crippen LogP contribution in [0.15, 0.2) is 42.5 Å². The van der Waals surface area contributed by atoms with Crippen LogP contribution in [0.25, 0.3) is 22.0 Å². The minimum absolute atomic E-state index is 0.0907. The van der Waals surface area contributed by atoms with E-state index in [9.17, 15) is 14.4 Å². The van der Waals surface area contributed by atoms with Crippen molar-refractivity contribution in [3.05, 3.63) is 53.7 Å². The van der Waals surface area contributed by atoms with Gasteiger partial charge in [-0.05, 0) is 67.8 Å². The molecule has 3 aliphatic rings. The van der Waals surface area contributed by atoms with Crippen molar-refractivity contribution >= 4 is 34.4 Å². The summed E-state index contributed by atoms with van der Waals surface area (Å²) >= 11 is 0. The highest BCUT2D eigenvalue weighted by Crippen LogP contribution is 2.43. The van der Waals surface area contributed by atoms with Crippen LogP contribution in [0.5, 0.6) is 0 Å². The van der Waals surface area contributed by atoms with Crippen molar-refractivity contribution < 1.29 is 19.5 Å². The lowest BCUT2D eigenvalue weighted by Gasteiger charge is -2.30. The second-order valence-electron chi connectivity index (χ2n) is 12.2. The molecule has 8 nitrogen and oxygen atoms in total. The van der Waals surface area contributed by atoms with Crippen molar-refractivity contribution in [3.63, 3.8) is 0 Å². The van der Waals surface area contributed by atoms with E-state index in [4.69, 9.17) is 10.8 Å². The van der Waals surface area contributed by atoms with E-state index in [-0.39, 0.29) is 17.4 Å². The van der Waals surface area contributed by atoms with Gasteiger partial charge in [-0.2, -0.15) is 0 Å². The van der Waals surface area contributed by atoms with E-state index in [1.807, 2.05) is 34.9 Å². The van der Waals surface area contributed by atoms with Crippen LogP contribution in [0.4, 0.5) is 5.69 Å². The number of aliphatic carboxylic acids is 1. The molecule has 1 atom stereocenters. The van der Waals surface area contributed by atoms with Gasteiger partial charge in [-0.1, -0.05) is 57.4 Å². The van der Waals surface area contributed by atoms with Gasteiger partial charge in [-0.15, -0.1) is 0 Å². The summed E-state index contributed by atoms with van der Waals surface area (Å²) in [4.78, 5) is 35.4. The fourth-order valence-electron chi connectivity index (χ4n) is 6.47. The molecular weight excluding hydrogens is 504 g/mol. The van der Waals surface area contributed by atoms with Gasteiger partial charge in [-0.25, -0.2) is 0 Å². The minimum atomic E-state index is -0.720. The summed E-state index contributed by atoms with van der Waals surface area (Å²) in [5, 5.41) is 15.9. The first-order valence-corrected chi connectivity index (χ1v) is 14.5. The predicted molar refractivity (Wildman–Crippen MR) is 158 cm³/mol. The number of nitrogens with two attached hydrogens (primary N) is 1. The van der Waals surface area contributed by atoms with Crippen molar-refractivity contribution in [1.29, 1.82) is 0 Å². The third kappa shape index (κ3) is 5.77. The van der Waals surface area contributed by atoms with Gasteiger partial charge in [0.25, 0.3) is 5.91 Å². The molecule has 0 bridgehead atoms. The molecule has 0 unspecified atom stereocenters. The molecule has 1 saturated carbocycles. The number of hydrogen-bond acceptors (Lipinski definition) is 5. The Morgan fingerprint density at radius 3 is 2.42 bits per heavy atom. The van der Waals surface area contributed by atoms with E-state index in [1.165, 1.54) is 19.3 Å². The number of hydrogen-bond donors (Lipinski definition) is 4. The smallest absolute Gasteiger partial charge is 0.320 e. The summed E-state index contributed by atoms with van der Waals surface area (Å²) in [5.74, 6) is -0.995. The van der Waals surface area contributed by atoms with Gasteiger partial charge in [0.15, 0.2) is 0 Å². The number of carbonyl (C=O) groups excluding carboxylic acids is 2. The Bertz CT molecular complexity index is 1430. The van der Waals surface area contributed by atoms with E-state index < -0.39 is 11.9 Å². The monoisotopic (exact) mass is 544 g/mol. The Morgan fingerprint density at radius 2 is 1.77 bits per heavy atom. The quantitative estimate of drug-likeness (QED) is 0.332.